The molecule has 0 aliphatic carbocycles. The smallest absolute Gasteiger partial charge is 0.142 e. The second-order valence-electron chi connectivity index (χ2n) is 4.63. The Morgan fingerprint density at radius 3 is 2.70 bits per heavy atom. The summed E-state index contributed by atoms with van der Waals surface area (Å²) in [5.74, 6) is 0.866. The van der Waals surface area contributed by atoms with Crippen LogP contribution in [-0.2, 0) is 13.0 Å². The summed E-state index contributed by atoms with van der Waals surface area (Å²) in [5, 5.41) is 3.29. The lowest BCUT2D eigenvalue weighted by Gasteiger charge is -2.12. The highest BCUT2D eigenvalue weighted by atomic mass is 16.5. The zero-order valence-corrected chi connectivity index (χ0v) is 12.1. The van der Waals surface area contributed by atoms with Crippen molar-refractivity contribution in [2.45, 2.75) is 26.8 Å². The van der Waals surface area contributed by atoms with E-state index in [2.05, 4.69) is 22.2 Å². The van der Waals surface area contributed by atoms with E-state index in [1.807, 2.05) is 31.2 Å². The van der Waals surface area contributed by atoms with E-state index in [4.69, 9.17) is 4.74 Å². The molecular formula is C16H21N3O. The quantitative estimate of drug-likeness (QED) is 0.840. The lowest BCUT2D eigenvalue weighted by atomic mass is 10.2. The van der Waals surface area contributed by atoms with E-state index in [0.29, 0.717) is 6.61 Å². The Morgan fingerprint density at radius 2 is 1.95 bits per heavy atom. The third kappa shape index (κ3) is 4.31. The molecule has 0 aliphatic rings. The molecule has 0 fully saturated rings. The fourth-order valence-electron chi connectivity index (χ4n) is 1.93. The van der Waals surface area contributed by atoms with Gasteiger partial charge in [-0.1, -0.05) is 6.92 Å². The molecule has 0 saturated heterocycles. The van der Waals surface area contributed by atoms with Gasteiger partial charge in [-0.05, 0) is 43.3 Å². The predicted molar refractivity (Wildman–Crippen MR) is 79.8 cm³/mol. The number of ether oxygens (including phenoxy) is 1. The lowest BCUT2D eigenvalue weighted by Crippen LogP contribution is -2.15. The van der Waals surface area contributed by atoms with E-state index in [1.54, 1.807) is 12.4 Å². The van der Waals surface area contributed by atoms with Gasteiger partial charge in [-0.15, -0.1) is 0 Å². The second-order valence-corrected chi connectivity index (χ2v) is 4.63. The minimum Gasteiger partial charge on any atom is -0.491 e. The van der Waals surface area contributed by atoms with Gasteiger partial charge in [0.2, 0.25) is 0 Å². The first-order valence-electron chi connectivity index (χ1n) is 6.98. The lowest BCUT2D eigenvalue weighted by molar-refractivity contribution is 0.315. The Balaban J connectivity index is 1.94. The minimum absolute atomic E-state index is 0.647. The van der Waals surface area contributed by atoms with Crippen molar-refractivity contribution in [1.29, 1.82) is 0 Å². The zero-order valence-electron chi connectivity index (χ0n) is 12.1. The van der Waals surface area contributed by atoms with Crippen molar-refractivity contribution in [3.63, 3.8) is 0 Å². The van der Waals surface area contributed by atoms with Crippen LogP contribution >= 0.6 is 0 Å². The average molecular weight is 271 g/mol. The summed E-state index contributed by atoms with van der Waals surface area (Å²) in [7, 11) is 0. The number of pyridine rings is 2. The number of nitrogens with one attached hydrogen (secondary N) is 1. The summed E-state index contributed by atoms with van der Waals surface area (Å²) >= 11 is 0. The molecule has 2 rings (SSSR count). The van der Waals surface area contributed by atoms with Gasteiger partial charge in [0.25, 0.3) is 0 Å². The normalized spacial score (nSPS) is 10.5. The number of rotatable bonds is 7. The number of hydrogen-bond acceptors (Lipinski definition) is 4. The first kappa shape index (κ1) is 14.5. The molecule has 0 amide bonds. The number of nitrogens with zero attached hydrogens (tertiary/aromatic N) is 2. The molecule has 0 spiro atoms. The molecule has 20 heavy (non-hydrogen) atoms. The van der Waals surface area contributed by atoms with Gasteiger partial charge in [0.1, 0.15) is 5.75 Å². The van der Waals surface area contributed by atoms with Gasteiger partial charge in [0.05, 0.1) is 12.3 Å². The van der Waals surface area contributed by atoms with Crippen molar-refractivity contribution in [3.05, 3.63) is 53.6 Å². The summed E-state index contributed by atoms with van der Waals surface area (Å²) in [4.78, 5) is 8.55. The van der Waals surface area contributed by atoms with Crippen LogP contribution < -0.4 is 10.1 Å². The van der Waals surface area contributed by atoms with Gasteiger partial charge in [0, 0.05) is 31.1 Å². The molecule has 0 atom stereocenters. The average Bonchev–Trinajstić information content (AvgIpc) is 2.48. The molecule has 2 aromatic heterocycles. The number of hydrogen-bond donors (Lipinski definition) is 1. The van der Waals surface area contributed by atoms with Crippen LogP contribution in [0.3, 0.4) is 0 Å². The first-order chi connectivity index (χ1) is 9.79. The molecule has 0 aliphatic heterocycles. The Bertz CT molecular complexity index is 529. The van der Waals surface area contributed by atoms with Crippen LogP contribution in [0.15, 0.2) is 36.7 Å². The molecule has 2 heterocycles. The van der Waals surface area contributed by atoms with Crippen molar-refractivity contribution < 1.29 is 4.74 Å². The van der Waals surface area contributed by atoms with Gasteiger partial charge >= 0.3 is 0 Å². The van der Waals surface area contributed by atoms with Crippen LogP contribution in [0.4, 0.5) is 0 Å². The summed E-state index contributed by atoms with van der Waals surface area (Å²) in [6, 6.07) is 8.01. The molecule has 0 aromatic carbocycles. The fourth-order valence-corrected chi connectivity index (χ4v) is 1.93. The highest BCUT2D eigenvalue weighted by Crippen LogP contribution is 2.17. The Morgan fingerprint density at radius 1 is 1.15 bits per heavy atom. The topological polar surface area (TPSA) is 47.0 Å². The van der Waals surface area contributed by atoms with Crippen LogP contribution in [0.5, 0.6) is 5.75 Å². The van der Waals surface area contributed by atoms with Crippen molar-refractivity contribution >= 4 is 0 Å². The molecular weight excluding hydrogens is 250 g/mol. The highest BCUT2D eigenvalue weighted by Gasteiger charge is 2.05. The zero-order chi connectivity index (χ0) is 14.2. The van der Waals surface area contributed by atoms with Gasteiger partial charge < -0.3 is 10.1 Å². The molecule has 0 saturated carbocycles. The maximum Gasteiger partial charge on any atom is 0.142 e. The van der Waals surface area contributed by atoms with E-state index in [9.17, 15) is 0 Å². The largest absolute Gasteiger partial charge is 0.491 e. The molecule has 4 heteroatoms. The van der Waals surface area contributed by atoms with Gasteiger partial charge in [0.15, 0.2) is 0 Å². The molecule has 0 bridgehead atoms. The third-order valence-electron chi connectivity index (χ3n) is 3.01. The van der Waals surface area contributed by atoms with Crippen molar-refractivity contribution in [1.82, 2.24) is 15.3 Å². The van der Waals surface area contributed by atoms with Gasteiger partial charge in [-0.2, -0.15) is 0 Å². The minimum atomic E-state index is 0.647. The standard InChI is InChI=1S/C16H21N3O/c1-3-17-12-15-16(5-4-13(2)19-15)20-11-8-14-6-9-18-10-7-14/h4-7,9-10,17H,3,8,11-12H2,1-2H3. The van der Waals surface area contributed by atoms with E-state index in [-0.39, 0.29) is 0 Å². The van der Waals surface area contributed by atoms with Crippen molar-refractivity contribution in [2.24, 2.45) is 0 Å². The Kier molecular flexibility index (Phi) is 5.50. The molecule has 2 aromatic rings. The molecule has 106 valence electrons. The predicted octanol–water partition coefficient (Wildman–Crippen LogP) is 2.52. The first-order valence-corrected chi connectivity index (χ1v) is 6.98. The number of aromatic nitrogens is 2. The maximum atomic E-state index is 5.87. The highest BCUT2D eigenvalue weighted by molar-refractivity contribution is 5.29. The summed E-state index contributed by atoms with van der Waals surface area (Å²) in [5.41, 5.74) is 3.22. The third-order valence-corrected chi connectivity index (χ3v) is 3.01. The summed E-state index contributed by atoms with van der Waals surface area (Å²) < 4.78 is 5.87. The second kappa shape index (κ2) is 7.60. The Labute approximate surface area is 120 Å². The van der Waals surface area contributed by atoms with Crippen LogP contribution in [0.25, 0.3) is 0 Å². The van der Waals surface area contributed by atoms with E-state index < -0.39 is 0 Å². The van der Waals surface area contributed by atoms with E-state index in [1.165, 1.54) is 5.56 Å². The van der Waals surface area contributed by atoms with Gasteiger partial charge in [-0.25, -0.2) is 0 Å². The summed E-state index contributed by atoms with van der Waals surface area (Å²) in [6.45, 7) is 6.39. The van der Waals surface area contributed by atoms with E-state index in [0.717, 1.165) is 36.6 Å². The van der Waals surface area contributed by atoms with Crippen LogP contribution in [0.1, 0.15) is 23.9 Å². The van der Waals surface area contributed by atoms with Crippen LogP contribution in [-0.4, -0.2) is 23.1 Å². The Hall–Kier alpha value is -1.94. The maximum absolute atomic E-state index is 5.87. The van der Waals surface area contributed by atoms with E-state index >= 15 is 0 Å². The summed E-state index contributed by atoms with van der Waals surface area (Å²) in [6.07, 6.45) is 4.48. The number of aryl methyl sites for hydroxylation is 1. The monoisotopic (exact) mass is 271 g/mol. The fraction of sp³-hybridized carbons (Fsp3) is 0.375. The molecule has 4 nitrogen and oxygen atoms in total. The molecule has 0 radical (unpaired) electrons. The van der Waals surface area contributed by atoms with Crippen LogP contribution in [0, 0.1) is 6.92 Å². The molecule has 0 unspecified atom stereocenters. The van der Waals surface area contributed by atoms with Crippen LogP contribution in [0.2, 0.25) is 0 Å². The van der Waals surface area contributed by atoms with Crippen molar-refractivity contribution in [2.75, 3.05) is 13.2 Å². The van der Waals surface area contributed by atoms with Crippen molar-refractivity contribution in [3.8, 4) is 5.75 Å². The SMILES string of the molecule is CCNCc1nc(C)ccc1OCCc1ccncc1. The van der Waals surface area contributed by atoms with Gasteiger partial charge in [-0.3, -0.25) is 9.97 Å². The molecule has 1 N–H and O–H groups in total.